The van der Waals surface area contributed by atoms with Gasteiger partial charge in [0.25, 0.3) is 0 Å². The van der Waals surface area contributed by atoms with E-state index in [9.17, 15) is 5.26 Å². The summed E-state index contributed by atoms with van der Waals surface area (Å²) in [6, 6.07) is 13.5. The highest BCUT2D eigenvalue weighted by Crippen LogP contribution is 2.45. The first kappa shape index (κ1) is 17.2. The maximum Gasteiger partial charge on any atom is 0.161 e. The quantitative estimate of drug-likeness (QED) is 0.545. The van der Waals surface area contributed by atoms with Gasteiger partial charge in [0, 0.05) is 28.9 Å². The van der Waals surface area contributed by atoms with Crippen LogP contribution in [0.15, 0.2) is 42.6 Å². The predicted octanol–water partition coefficient (Wildman–Crippen LogP) is 4.94. The number of nitrogens with one attached hydrogen (secondary N) is 1. The number of nitriles is 1. The lowest BCUT2D eigenvalue weighted by Gasteiger charge is -2.13. The Morgan fingerprint density at radius 3 is 2.44 bits per heavy atom. The van der Waals surface area contributed by atoms with Gasteiger partial charge >= 0.3 is 0 Å². The molecule has 1 heterocycles. The number of fused-ring (bicyclic) bond motifs is 3. The molecule has 0 aliphatic heterocycles. The Morgan fingerprint density at radius 2 is 1.78 bits per heavy atom. The van der Waals surface area contributed by atoms with Gasteiger partial charge in [-0.3, -0.25) is 0 Å². The number of pyridine rings is 1. The van der Waals surface area contributed by atoms with Crippen molar-refractivity contribution in [3.8, 4) is 28.7 Å². The molecule has 0 atom stereocenters. The van der Waals surface area contributed by atoms with Gasteiger partial charge in [-0.15, -0.1) is 0 Å². The SMILES string of the molecule is COc1cc2c(cc1OC)-c1c(cnc(Nc3ccc(Cl)cc3)c1C#N)C2. The maximum atomic E-state index is 9.85. The molecule has 1 N–H and O–H groups in total. The predicted molar refractivity (Wildman–Crippen MR) is 105 cm³/mol. The van der Waals surface area contributed by atoms with Gasteiger partial charge in [-0.05, 0) is 53.1 Å². The molecule has 4 rings (SSSR count). The Labute approximate surface area is 162 Å². The zero-order chi connectivity index (χ0) is 19.0. The van der Waals surface area contributed by atoms with Gasteiger partial charge in [0.05, 0.1) is 14.2 Å². The topological polar surface area (TPSA) is 67.2 Å². The third-order valence-corrected chi connectivity index (χ3v) is 4.89. The number of anilines is 2. The number of nitrogens with zero attached hydrogens (tertiary/aromatic N) is 2. The number of halogens is 1. The van der Waals surface area contributed by atoms with E-state index in [2.05, 4.69) is 16.4 Å². The lowest BCUT2D eigenvalue weighted by atomic mass is 10.0. The second kappa shape index (κ2) is 6.82. The first-order chi connectivity index (χ1) is 13.1. The maximum absolute atomic E-state index is 9.85. The summed E-state index contributed by atoms with van der Waals surface area (Å²) in [6.45, 7) is 0. The van der Waals surface area contributed by atoms with Crippen LogP contribution in [0.3, 0.4) is 0 Å². The summed E-state index contributed by atoms with van der Waals surface area (Å²) in [5.74, 6) is 1.83. The zero-order valence-corrected chi connectivity index (χ0v) is 15.6. The summed E-state index contributed by atoms with van der Waals surface area (Å²) in [5, 5.41) is 13.7. The number of benzene rings is 2. The molecule has 5 nitrogen and oxygen atoms in total. The van der Waals surface area contributed by atoms with Gasteiger partial charge in [-0.25, -0.2) is 4.98 Å². The van der Waals surface area contributed by atoms with Crippen molar-refractivity contribution >= 4 is 23.1 Å². The average Bonchev–Trinajstić information content (AvgIpc) is 3.06. The number of rotatable bonds is 4. The van der Waals surface area contributed by atoms with Crippen molar-refractivity contribution in [2.24, 2.45) is 0 Å². The van der Waals surface area contributed by atoms with E-state index in [1.165, 1.54) is 0 Å². The van der Waals surface area contributed by atoms with Crippen LogP contribution in [0.2, 0.25) is 5.02 Å². The molecule has 0 spiro atoms. The number of hydrogen-bond donors (Lipinski definition) is 1. The molecule has 0 unspecified atom stereocenters. The van der Waals surface area contributed by atoms with Gasteiger partial charge in [0.15, 0.2) is 11.5 Å². The van der Waals surface area contributed by atoms with Crippen LogP contribution in [-0.4, -0.2) is 19.2 Å². The van der Waals surface area contributed by atoms with Crippen LogP contribution in [0.25, 0.3) is 11.1 Å². The van der Waals surface area contributed by atoms with E-state index in [4.69, 9.17) is 21.1 Å². The Morgan fingerprint density at radius 1 is 1.07 bits per heavy atom. The molecule has 134 valence electrons. The fraction of sp³-hybridized carbons (Fsp3) is 0.143. The van der Waals surface area contributed by atoms with Gasteiger partial charge < -0.3 is 14.8 Å². The summed E-state index contributed by atoms with van der Waals surface area (Å²) in [4.78, 5) is 4.48. The molecule has 1 aliphatic rings. The van der Waals surface area contributed by atoms with Crippen molar-refractivity contribution in [2.45, 2.75) is 6.42 Å². The molecule has 2 aromatic carbocycles. The minimum Gasteiger partial charge on any atom is -0.493 e. The van der Waals surface area contributed by atoms with Crippen LogP contribution in [0.5, 0.6) is 11.5 Å². The molecule has 1 aliphatic carbocycles. The Hall–Kier alpha value is -3.23. The molecule has 0 fully saturated rings. The Bertz CT molecular complexity index is 1070. The van der Waals surface area contributed by atoms with Gasteiger partial charge in [-0.2, -0.15) is 5.26 Å². The number of ether oxygens (including phenoxy) is 2. The first-order valence-corrected chi connectivity index (χ1v) is 8.72. The lowest BCUT2D eigenvalue weighted by molar-refractivity contribution is 0.355. The number of hydrogen-bond acceptors (Lipinski definition) is 5. The van der Waals surface area contributed by atoms with Crippen molar-refractivity contribution in [3.05, 3.63) is 64.3 Å². The third kappa shape index (κ3) is 2.94. The molecule has 0 saturated carbocycles. The number of aromatic nitrogens is 1. The fourth-order valence-electron chi connectivity index (χ4n) is 3.37. The molecule has 0 bridgehead atoms. The van der Waals surface area contributed by atoms with Gasteiger partial charge in [-0.1, -0.05) is 11.6 Å². The van der Waals surface area contributed by atoms with Crippen molar-refractivity contribution in [1.29, 1.82) is 5.26 Å². The van der Waals surface area contributed by atoms with Crippen molar-refractivity contribution in [2.75, 3.05) is 19.5 Å². The average molecular weight is 378 g/mol. The lowest BCUT2D eigenvalue weighted by Crippen LogP contribution is -2.00. The molecular formula is C21H16ClN3O2. The molecular weight excluding hydrogens is 362 g/mol. The van der Waals surface area contributed by atoms with Crippen LogP contribution in [0.4, 0.5) is 11.5 Å². The minimum atomic E-state index is 0.508. The Balaban J connectivity index is 1.83. The van der Waals surface area contributed by atoms with E-state index in [1.807, 2.05) is 30.5 Å². The van der Waals surface area contributed by atoms with Crippen LogP contribution in [0, 0.1) is 11.3 Å². The molecule has 3 aromatic rings. The van der Waals surface area contributed by atoms with E-state index >= 15 is 0 Å². The standard InChI is InChI=1S/C21H16ClN3O2/c1-26-18-8-12-7-13-11-24-21(25-15-5-3-14(22)4-6-15)17(10-23)20(13)16(12)9-19(18)27-2/h3-6,8-9,11H,7H2,1-2H3,(H,24,25). The van der Waals surface area contributed by atoms with E-state index in [1.54, 1.807) is 26.4 Å². The molecule has 0 amide bonds. The van der Waals surface area contributed by atoms with E-state index < -0.39 is 0 Å². The summed E-state index contributed by atoms with van der Waals surface area (Å²) in [6.07, 6.45) is 2.52. The van der Waals surface area contributed by atoms with Crippen molar-refractivity contribution < 1.29 is 9.47 Å². The minimum absolute atomic E-state index is 0.508. The smallest absolute Gasteiger partial charge is 0.161 e. The van der Waals surface area contributed by atoms with Crippen molar-refractivity contribution in [3.63, 3.8) is 0 Å². The van der Waals surface area contributed by atoms with Gasteiger partial charge in [0.2, 0.25) is 0 Å². The zero-order valence-electron chi connectivity index (χ0n) is 14.8. The second-order valence-corrected chi connectivity index (χ2v) is 6.60. The highest BCUT2D eigenvalue weighted by atomic mass is 35.5. The normalized spacial score (nSPS) is 11.3. The summed E-state index contributed by atoms with van der Waals surface area (Å²) in [7, 11) is 3.22. The molecule has 0 saturated heterocycles. The molecule has 0 radical (unpaired) electrons. The summed E-state index contributed by atoms with van der Waals surface area (Å²) >= 11 is 5.94. The van der Waals surface area contributed by atoms with Crippen LogP contribution < -0.4 is 14.8 Å². The van der Waals surface area contributed by atoms with Crippen LogP contribution in [0.1, 0.15) is 16.7 Å². The van der Waals surface area contributed by atoms with E-state index in [-0.39, 0.29) is 0 Å². The largest absolute Gasteiger partial charge is 0.493 e. The van der Waals surface area contributed by atoms with Crippen LogP contribution in [-0.2, 0) is 6.42 Å². The highest BCUT2D eigenvalue weighted by molar-refractivity contribution is 6.30. The fourth-order valence-corrected chi connectivity index (χ4v) is 3.50. The molecule has 6 heteroatoms. The molecule has 27 heavy (non-hydrogen) atoms. The second-order valence-electron chi connectivity index (χ2n) is 6.17. The van der Waals surface area contributed by atoms with Gasteiger partial charge in [0.1, 0.15) is 17.5 Å². The van der Waals surface area contributed by atoms with E-state index in [0.717, 1.165) is 27.9 Å². The molecule has 1 aromatic heterocycles. The monoisotopic (exact) mass is 377 g/mol. The van der Waals surface area contributed by atoms with Crippen molar-refractivity contribution in [1.82, 2.24) is 4.98 Å². The summed E-state index contributed by atoms with van der Waals surface area (Å²) < 4.78 is 10.8. The first-order valence-electron chi connectivity index (χ1n) is 8.34. The van der Waals surface area contributed by atoms with Crippen LogP contribution >= 0.6 is 11.6 Å². The number of methoxy groups -OCH3 is 2. The Kier molecular flexibility index (Phi) is 4.35. The summed E-state index contributed by atoms with van der Waals surface area (Å²) in [5.41, 5.74) is 5.28. The van der Waals surface area contributed by atoms with E-state index in [0.29, 0.717) is 34.3 Å². The third-order valence-electron chi connectivity index (χ3n) is 4.64. The highest BCUT2D eigenvalue weighted by Gasteiger charge is 2.26.